The van der Waals surface area contributed by atoms with E-state index in [-0.39, 0.29) is 0 Å². The predicted octanol–water partition coefficient (Wildman–Crippen LogP) is 2.19. The fraction of sp³-hybridized carbons (Fsp3) is 0.357. The van der Waals surface area contributed by atoms with Crippen LogP contribution in [0.4, 0.5) is 0 Å². The molecule has 6 heteroatoms. The van der Waals surface area contributed by atoms with Crippen LogP contribution in [0.3, 0.4) is 0 Å². The van der Waals surface area contributed by atoms with Crippen molar-refractivity contribution in [1.29, 1.82) is 0 Å². The number of thiazole rings is 1. The molecule has 2 heterocycles. The number of nitrogens with zero attached hydrogens (tertiary/aromatic N) is 4. The van der Waals surface area contributed by atoms with Crippen molar-refractivity contribution in [3.63, 3.8) is 0 Å². The smallest absolute Gasteiger partial charge is 0.164 e. The van der Waals surface area contributed by atoms with Crippen LogP contribution >= 0.6 is 11.3 Å². The molecule has 1 N–H and O–H groups in total. The van der Waals surface area contributed by atoms with Gasteiger partial charge in [0.25, 0.3) is 0 Å². The van der Waals surface area contributed by atoms with Crippen LogP contribution in [0.2, 0.25) is 0 Å². The normalized spacial score (nSPS) is 15.0. The second-order valence-corrected chi connectivity index (χ2v) is 6.20. The van der Waals surface area contributed by atoms with E-state index in [1.165, 1.54) is 17.5 Å². The molecule has 0 aliphatic heterocycles. The van der Waals surface area contributed by atoms with E-state index < -0.39 is 0 Å². The number of para-hydroxylation sites is 1. The number of aromatic nitrogens is 4. The van der Waals surface area contributed by atoms with Crippen LogP contribution in [0, 0.1) is 0 Å². The molecule has 0 radical (unpaired) electrons. The highest BCUT2D eigenvalue weighted by Gasteiger charge is 2.20. The van der Waals surface area contributed by atoms with Gasteiger partial charge in [-0.2, -0.15) is 5.10 Å². The molecular weight excluding hydrogens is 270 g/mol. The Morgan fingerprint density at radius 2 is 2.20 bits per heavy atom. The fourth-order valence-corrected chi connectivity index (χ4v) is 3.10. The quantitative estimate of drug-likeness (QED) is 0.780. The zero-order valence-electron chi connectivity index (χ0n) is 11.0. The molecule has 0 atom stereocenters. The lowest BCUT2D eigenvalue weighted by atomic mass is 10.3. The van der Waals surface area contributed by atoms with Gasteiger partial charge < -0.3 is 5.32 Å². The van der Waals surface area contributed by atoms with Gasteiger partial charge in [-0.3, -0.25) is 0 Å². The molecule has 0 saturated heterocycles. The van der Waals surface area contributed by atoms with E-state index in [9.17, 15) is 0 Å². The van der Waals surface area contributed by atoms with Crippen LogP contribution in [-0.4, -0.2) is 25.8 Å². The third-order valence-electron chi connectivity index (χ3n) is 3.35. The first-order chi connectivity index (χ1) is 9.87. The van der Waals surface area contributed by atoms with Crippen molar-refractivity contribution < 1.29 is 0 Å². The molecule has 102 valence electrons. The largest absolute Gasteiger partial charge is 0.307 e. The van der Waals surface area contributed by atoms with E-state index in [0.29, 0.717) is 12.6 Å². The van der Waals surface area contributed by atoms with Crippen LogP contribution in [0.5, 0.6) is 0 Å². The van der Waals surface area contributed by atoms with Gasteiger partial charge in [-0.05, 0) is 25.0 Å². The van der Waals surface area contributed by atoms with Crippen molar-refractivity contribution in [2.75, 3.05) is 0 Å². The minimum Gasteiger partial charge on any atom is -0.307 e. The molecule has 2 aromatic heterocycles. The Morgan fingerprint density at radius 3 is 3.05 bits per heavy atom. The standard InChI is InChI=1S/C14H15N5S/c1-2-4-12-11(3-1)17-14(20-12)8-19-9-16-13(18-19)7-15-10-5-6-10/h1-4,9-10,15H,5-8H2. The van der Waals surface area contributed by atoms with E-state index in [2.05, 4.69) is 26.4 Å². The van der Waals surface area contributed by atoms with Gasteiger partial charge in [-0.15, -0.1) is 11.3 Å². The summed E-state index contributed by atoms with van der Waals surface area (Å²) in [6.07, 6.45) is 4.36. The number of hydrogen-bond donors (Lipinski definition) is 1. The SMILES string of the molecule is c1ccc2sc(Cn3cnc(CNC4CC4)n3)nc2c1. The van der Waals surface area contributed by atoms with Gasteiger partial charge in [-0.25, -0.2) is 14.6 Å². The Balaban J connectivity index is 1.47. The lowest BCUT2D eigenvalue weighted by molar-refractivity contribution is 0.627. The van der Waals surface area contributed by atoms with Crippen LogP contribution in [0.25, 0.3) is 10.2 Å². The van der Waals surface area contributed by atoms with Crippen molar-refractivity contribution in [3.05, 3.63) is 41.4 Å². The highest BCUT2D eigenvalue weighted by molar-refractivity contribution is 7.18. The lowest BCUT2D eigenvalue weighted by Gasteiger charge is -1.97. The molecule has 1 saturated carbocycles. The first-order valence-corrected chi connectivity index (χ1v) is 7.64. The summed E-state index contributed by atoms with van der Waals surface area (Å²) in [4.78, 5) is 8.95. The molecule has 5 nitrogen and oxygen atoms in total. The van der Waals surface area contributed by atoms with Crippen LogP contribution in [0.1, 0.15) is 23.7 Å². The third kappa shape index (κ3) is 2.57. The Bertz CT molecular complexity index is 695. The number of benzene rings is 1. The van der Waals surface area contributed by atoms with E-state index in [4.69, 9.17) is 0 Å². The molecule has 3 aromatic rings. The zero-order chi connectivity index (χ0) is 13.4. The molecule has 0 spiro atoms. The average molecular weight is 285 g/mol. The monoisotopic (exact) mass is 285 g/mol. The highest BCUT2D eigenvalue weighted by atomic mass is 32.1. The summed E-state index contributed by atoms with van der Waals surface area (Å²) in [6.45, 7) is 1.45. The number of fused-ring (bicyclic) bond motifs is 1. The first-order valence-electron chi connectivity index (χ1n) is 6.83. The topological polar surface area (TPSA) is 55.6 Å². The highest BCUT2D eigenvalue weighted by Crippen LogP contribution is 2.22. The Hall–Kier alpha value is -1.79. The zero-order valence-corrected chi connectivity index (χ0v) is 11.8. The van der Waals surface area contributed by atoms with Crippen molar-refractivity contribution in [3.8, 4) is 0 Å². The summed E-state index contributed by atoms with van der Waals surface area (Å²) in [5, 5.41) is 8.97. The molecule has 0 bridgehead atoms. The summed E-state index contributed by atoms with van der Waals surface area (Å²) in [6, 6.07) is 8.89. The maximum atomic E-state index is 4.62. The summed E-state index contributed by atoms with van der Waals surface area (Å²) < 4.78 is 3.08. The molecule has 4 rings (SSSR count). The second-order valence-electron chi connectivity index (χ2n) is 5.09. The number of hydrogen-bond acceptors (Lipinski definition) is 5. The van der Waals surface area contributed by atoms with Crippen molar-refractivity contribution in [2.24, 2.45) is 0 Å². The second kappa shape index (κ2) is 4.96. The summed E-state index contributed by atoms with van der Waals surface area (Å²) in [5.41, 5.74) is 1.06. The molecule has 0 amide bonds. The fourth-order valence-electron chi connectivity index (χ4n) is 2.14. The minimum atomic E-state index is 0.686. The average Bonchev–Trinajstić information content (AvgIpc) is 3.04. The predicted molar refractivity (Wildman–Crippen MR) is 78.6 cm³/mol. The van der Waals surface area contributed by atoms with Gasteiger partial charge in [0.1, 0.15) is 11.3 Å². The van der Waals surface area contributed by atoms with Crippen LogP contribution < -0.4 is 5.32 Å². The van der Waals surface area contributed by atoms with E-state index in [1.807, 2.05) is 22.9 Å². The number of rotatable bonds is 5. The first kappa shape index (κ1) is 12.0. The molecule has 1 aliphatic rings. The lowest BCUT2D eigenvalue weighted by Crippen LogP contribution is -2.16. The summed E-state index contributed by atoms with van der Waals surface area (Å²) in [5.74, 6) is 0.859. The van der Waals surface area contributed by atoms with E-state index in [1.54, 1.807) is 17.7 Å². The van der Waals surface area contributed by atoms with Crippen molar-refractivity contribution >= 4 is 21.6 Å². The minimum absolute atomic E-state index is 0.686. The molecule has 0 unspecified atom stereocenters. The Labute approximate surface area is 120 Å². The van der Waals surface area contributed by atoms with E-state index in [0.717, 1.165) is 22.9 Å². The van der Waals surface area contributed by atoms with E-state index >= 15 is 0 Å². The third-order valence-corrected chi connectivity index (χ3v) is 4.37. The van der Waals surface area contributed by atoms with Crippen molar-refractivity contribution in [1.82, 2.24) is 25.1 Å². The van der Waals surface area contributed by atoms with Gasteiger partial charge in [0.15, 0.2) is 5.82 Å². The van der Waals surface area contributed by atoms with Gasteiger partial charge in [0.2, 0.25) is 0 Å². The maximum Gasteiger partial charge on any atom is 0.164 e. The Kier molecular flexibility index (Phi) is 2.97. The molecule has 20 heavy (non-hydrogen) atoms. The van der Waals surface area contributed by atoms with Gasteiger partial charge in [-0.1, -0.05) is 12.1 Å². The molecule has 1 aromatic carbocycles. The van der Waals surface area contributed by atoms with Crippen LogP contribution in [-0.2, 0) is 13.1 Å². The van der Waals surface area contributed by atoms with Crippen LogP contribution in [0.15, 0.2) is 30.6 Å². The van der Waals surface area contributed by atoms with Gasteiger partial charge >= 0.3 is 0 Å². The molecule has 1 fully saturated rings. The van der Waals surface area contributed by atoms with Gasteiger partial charge in [0, 0.05) is 6.04 Å². The Morgan fingerprint density at radius 1 is 1.30 bits per heavy atom. The van der Waals surface area contributed by atoms with Crippen molar-refractivity contribution in [2.45, 2.75) is 32.0 Å². The summed E-state index contributed by atoms with van der Waals surface area (Å²) in [7, 11) is 0. The maximum absolute atomic E-state index is 4.62. The molecular formula is C14H15N5S. The summed E-state index contributed by atoms with van der Waals surface area (Å²) >= 11 is 1.71. The molecule has 1 aliphatic carbocycles. The number of nitrogens with one attached hydrogen (secondary N) is 1. The van der Waals surface area contributed by atoms with Gasteiger partial charge in [0.05, 0.1) is 23.3 Å².